The van der Waals surface area contributed by atoms with Crippen molar-refractivity contribution in [2.75, 3.05) is 0 Å². The van der Waals surface area contributed by atoms with E-state index in [1.807, 2.05) is 0 Å². The Morgan fingerprint density at radius 2 is 1.78 bits per heavy atom. The molecule has 0 fully saturated rings. The molecule has 18 heavy (non-hydrogen) atoms. The Hall–Kier alpha value is -1.83. The number of nitrogens with zero attached hydrogens (tertiary/aromatic N) is 3. The van der Waals surface area contributed by atoms with Gasteiger partial charge in [-0.15, -0.1) is 5.10 Å². The first-order chi connectivity index (χ1) is 8.30. The molecular formula is C10H8F3N3OS. The Morgan fingerprint density at radius 3 is 2.28 bits per heavy atom. The highest BCUT2D eigenvalue weighted by Crippen LogP contribution is 2.30. The smallest absolute Gasteiger partial charge is 0.452 e. The minimum Gasteiger partial charge on any atom is -0.508 e. The average Bonchev–Trinajstić information content (AvgIpc) is 2.57. The molecule has 0 saturated heterocycles. The van der Waals surface area contributed by atoms with Gasteiger partial charge in [0, 0.05) is 7.05 Å². The second-order valence-corrected chi connectivity index (χ2v) is 3.94. The van der Waals surface area contributed by atoms with Crippen LogP contribution in [0, 0.1) is 4.77 Å². The van der Waals surface area contributed by atoms with Gasteiger partial charge in [-0.1, -0.05) is 0 Å². The van der Waals surface area contributed by atoms with Crippen molar-refractivity contribution in [2.24, 2.45) is 7.05 Å². The zero-order valence-corrected chi connectivity index (χ0v) is 9.96. The Labute approximate surface area is 105 Å². The number of aromatic hydroxyl groups is 1. The van der Waals surface area contributed by atoms with E-state index >= 15 is 0 Å². The first-order valence-corrected chi connectivity index (χ1v) is 5.24. The predicted octanol–water partition coefficient (Wildman–Crippen LogP) is 2.66. The number of aryl methyl sites for hydroxylation is 1. The number of hydrogen-bond acceptors (Lipinski definition) is 3. The van der Waals surface area contributed by atoms with Crippen molar-refractivity contribution >= 4 is 12.2 Å². The molecule has 0 saturated carbocycles. The number of halogens is 3. The van der Waals surface area contributed by atoms with E-state index in [-0.39, 0.29) is 16.2 Å². The summed E-state index contributed by atoms with van der Waals surface area (Å²) in [5.74, 6) is -1.14. The molecule has 0 unspecified atom stereocenters. The summed E-state index contributed by atoms with van der Waals surface area (Å²) >= 11 is 4.90. The van der Waals surface area contributed by atoms with Gasteiger partial charge < -0.3 is 5.11 Å². The lowest BCUT2D eigenvalue weighted by molar-refractivity contribution is -0.146. The van der Waals surface area contributed by atoms with Crippen LogP contribution in [0.4, 0.5) is 13.2 Å². The molecule has 0 atom stereocenters. The third-order valence-electron chi connectivity index (χ3n) is 2.29. The first-order valence-electron chi connectivity index (χ1n) is 4.83. The maximum absolute atomic E-state index is 12.8. The van der Waals surface area contributed by atoms with Crippen molar-refractivity contribution in [3.8, 4) is 11.4 Å². The molecule has 0 aliphatic heterocycles. The Morgan fingerprint density at radius 1 is 1.22 bits per heavy atom. The molecule has 2 aromatic rings. The number of phenols is 1. The number of aromatic nitrogens is 3. The summed E-state index contributed by atoms with van der Waals surface area (Å²) in [6, 6.07) is 5.23. The lowest BCUT2D eigenvalue weighted by atomic mass is 10.3. The number of rotatable bonds is 1. The van der Waals surface area contributed by atoms with E-state index in [0.29, 0.717) is 0 Å². The third-order valence-corrected chi connectivity index (χ3v) is 2.73. The van der Waals surface area contributed by atoms with Gasteiger partial charge in [-0.25, -0.2) is 4.68 Å². The van der Waals surface area contributed by atoms with Crippen LogP contribution in [-0.2, 0) is 13.2 Å². The fourth-order valence-electron chi connectivity index (χ4n) is 1.48. The third kappa shape index (κ3) is 2.10. The standard InChI is InChI=1S/C10H8F3N3OS/c1-15-9(18)16(8(14-15)10(11,12)13)6-2-4-7(17)5-3-6/h2-5,17H,1H3. The lowest BCUT2D eigenvalue weighted by Crippen LogP contribution is -2.14. The van der Waals surface area contributed by atoms with Crippen LogP contribution in [0.5, 0.6) is 5.75 Å². The van der Waals surface area contributed by atoms with Gasteiger partial charge in [0.05, 0.1) is 5.69 Å². The molecule has 0 amide bonds. The van der Waals surface area contributed by atoms with Crippen LogP contribution in [0.15, 0.2) is 24.3 Å². The average molecular weight is 275 g/mol. The van der Waals surface area contributed by atoms with Crippen molar-refractivity contribution in [3.63, 3.8) is 0 Å². The SMILES string of the molecule is Cn1nc(C(F)(F)F)n(-c2ccc(O)cc2)c1=S. The van der Waals surface area contributed by atoms with Crippen LogP contribution in [-0.4, -0.2) is 19.5 Å². The Balaban J connectivity index is 2.70. The molecule has 0 aliphatic rings. The molecule has 0 spiro atoms. The van der Waals surface area contributed by atoms with Gasteiger partial charge in [0.25, 0.3) is 0 Å². The molecule has 0 radical (unpaired) electrons. The summed E-state index contributed by atoms with van der Waals surface area (Å²) < 4.78 is 40.2. The topological polar surface area (TPSA) is 43.0 Å². The van der Waals surface area contributed by atoms with E-state index in [4.69, 9.17) is 17.3 Å². The minimum absolute atomic E-state index is 0.0392. The monoisotopic (exact) mass is 275 g/mol. The van der Waals surface area contributed by atoms with Crippen molar-refractivity contribution in [3.05, 3.63) is 34.9 Å². The maximum atomic E-state index is 12.8. The molecular weight excluding hydrogens is 267 g/mol. The minimum atomic E-state index is -4.60. The number of benzene rings is 1. The van der Waals surface area contributed by atoms with E-state index in [1.165, 1.54) is 31.3 Å². The van der Waals surface area contributed by atoms with E-state index in [9.17, 15) is 13.2 Å². The molecule has 1 aromatic heterocycles. The van der Waals surface area contributed by atoms with Gasteiger partial charge in [0.2, 0.25) is 10.6 Å². The van der Waals surface area contributed by atoms with E-state index in [2.05, 4.69) is 5.10 Å². The van der Waals surface area contributed by atoms with Crippen molar-refractivity contribution in [2.45, 2.75) is 6.18 Å². The van der Waals surface area contributed by atoms with Crippen LogP contribution in [0.25, 0.3) is 5.69 Å². The Bertz CT molecular complexity index is 627. The summed E-state index contributed by atoms with van der Waals surface area (Å²) in [5, 5.41) is 12.5. The van der Waals surface area contributed by atoms with E-state index in [0.717, 1.165) is 9.25 Å². The molecule has 96 valence electrons. The van der Waals surface area contributed by atoms with Crippen molar-refractivity contribution in [1.29, 1.82) is 0 Å². The highest BCUT2D eigenvalue weighted by molar-refractivity contribution is 7.71. The first kappa shape index (κ1) is 12.6. The van der Waals surface area contributed by atoms with Crippen LogP contribution in [0.3, 0.4) is 0 Å². The quantitative estimate of drug-likeness (QED) is 0.814. The fraction of sp³-hybridized carbons (Fsp3) is 0.200. The number of phenolic OH excluding ortho intramolecular Hbond substituents is 1. The predicted molar refractivity (Wildman–Crippen MR) is 60.0 cm³/mol. The summed E-state index contributed by atoms with van der Waals surface area (Å²) in [7, 11) is 1.34. The van der Waals surface area contributed by atoms with Gasteiger partial charge in [0.15, 0.2) is 0 Å². The van der Waals surface area contributed by atoms with Gasteiger partial charge in [0.1, 0.15) is 5.75 Å². The van der Waals surface area contributed by atoms with Crippen LogP contribution < -0.4 is 0 Å². The largest absolute Gasteiger partial charge is 0.508 e. The van der Waals surface area contributed by atoms with Crippen LogP contribution in [0.2, 0.25) is 0 Å². The van der Waals surface area contributed by atoms with Gasteiger partial charge in [-0.05, 0) is 36.5 Å². The van der Waals surface area contributed by atoms with Crippen LogP contribution in [0.1, 0.15) is 5.82 Å². The molecule has 0 bridgehead atoms. The molecule has 2 rings (SSSR count). The highest BCUT2D eigenvalue weighted by atomic mass is 32.1. The molecule has 0 aliphatic carbocycles. The maximum Gasteiger partial charge on any atom is 0.452 e. The molecule has 1 aromatic carbocycles. The van der Waals surface area contributed by atoms with Gasteiger partial charge in [-0.3, -0.25) is 4.57 Å². The summed E-state index contributed by atoms with van der Waals surface area (Å²) in [6.45, 7) is 0. The van der Waals surface area contributed by atoms with Crippen molar-refractivity contribution < 1.29 is 18.3 Å². The highest BCUT2D eigenvalue weighted by Gasteiger charge is 2.38. The number of alkyl halides is 3. The van der Waals surface area contributed by atoms with Gasteiger partial charge >= 0.3 is 6.18 Å². The zero-order chi connectivity index (χ0) is 13.5. The van der Waals surface area contributed by atoms with Crippen molar-refractivity contribution in [1.82, 2.24) is 14.3 Å². The summed E-state index contributed by atoms with van der Waals surface area (Å²) in [4.78, 5) is 0. The van der Waals surface area contributed by atoms with Gasteiger partial charge in [-0.2, -0.15) is 13.2 Å². The molecule has 8 heteroatoms. The molecule has 1 heterocycles. The summed E-state index contributed by atoms with van der Waals surface area (Å²) in [6.07, 6.45) is -4.60. The Kier molecular flexibility index (Phi) is 2.89. The number of hydrogen-bond donors (Lipinski definition) is 1. The molecule has 4 nitrogen and oxygen atoms in total. The van der Waals surface area contributed by atoms with E-state index in [1.54, 1.807) is 0 Å². The lowest BCUT2D eigenvalue weighted by Gasteiger charge is -2.08. The van der Waals surface area contributed by atoms with E-state index < -0.39 is 12.0 Å². The fourth-order valence-corrected chi connectivity index (χ4v) is 1.72. The second kappa shape index (κ2) is 4.13. The normalized spacial score (nSPS) is 11.8. The summed E-state index contributed by atoms with van der Waals surface area (Å²) in [5.41, 5.74) is 0.193. The van der Waals surface area contributed by atoms with Crippen LogP contribution >= 0.6 is 12.2 Å². The second-order valence-electron chi connectivity index (χ2n) is 3.58. The zero-order valence-electron chi connectivity index (χ0n) is 9.14. The molecule has 1 N–H and O–H groups in total.